The van der Waals surface area contributed by atoms with Crippen LogP contribution in [0.25, 0.3) is 0 Å². The standard InChI is InChI=1S/C19H24N4O3/c1-21(2)15-11-9-14(10-12-15)18(22(3)4)13-20-19(24)16-7-5-6-8-17(16)23(25)26/h5-12,18H,13H2,1-4H3,(H,20,24)/p+1/t18-/m1/s1. The molecule has 0 saturated heterocycles. The Hall–Kier alpha value is -2.93. The highest BCUT2D eigenvalue weighted by Gasteiger charge is 2.23. The fourth-order valence-corrected chi connectivity index (χ4v) is 2.77. The van der Waals surface area contributed by atoms with Crippen LogP contribution in [0.15, 0.2) is 48.5 Å². The third-order valence-corrected chi connectivity index (χ3v) is 4.32. The van der Waals surface area contributed by atoms with Crippen molar-refractivity contribution in [2.45, 2.75) is 6.04 Å². The number of nitro benzene ring substituents is 1. The van der Waals surface area contributed by atoms with Crippen molar-refractivity contribution in [1.29, 1.82) is 0 Å². The van der Waals surface area contributed by atoms with Crippen LogP contribution in [0.1, 0.15) is 22.0 Å². The lowest BCUT2D eigenvalue weighted by Crippen LogP contribution is -3.07. The van der Waals surface area contributed by atoms with Gasteiger partial charge in [0.05, 0.1) is 25.6 Å². The summed E-state index contributed by atoms with van der Waals surface area (Å²) in [4.78, 5) is 26.2. The Morgan fingerprint density at radius 1 is 1.15 bits per heavy atom. The Morgan fingerprint density at radius 2 is 1.77 bits per heavy atom. The molecule has 2 N–H and O–H groups in total. The molecule has 0 aliphatic rings. The number of carbonyl (C=O) groups is 1. The molecule has 0 unspecified atom stereocenters. The van der Waals surface area contributed by atoms with Gasteiger partial charge < -0.3 is 15.1 Å². The maximum atomic E-state index is 12.4. The monoisotopic (exact) mass is 357 g/mol. The molecular formula is C19H25N4O3+. The number of hydrogen-bond donors (Lipinski definition) is 2. The summed E-state index contributed by atoms with van der Waals surface area (Å²) in [5.74, 6) is -0.437. The zero-order chi connectivity index (χ0) is 19.3. The molecule has 0 spiro atoms. The smallest absolute Gasteiger partial charge is 0.282 e. The van der Waals surface area contributed by atoms with E-state index in [-0.39, 0.29) is 17.3 Å². The van der Waals surface area contributed by atoms with Gasteiger partial charge in [-0.15, -0.1) is 0 Å². The minimum Gasteiger partial charge on any atom is -0.378 e. The molecule has 0 radical (unpaired) electrons. The van der Waals surface area contributed by atoms with E-state index in [1.807, 2.05) is 57.4 Å². The quantitative estimate of drug-likeness (QED) is 0.578. The maximum absolute atomic E-state index is 12.4. The summed E-state index contributed by atoms with van der Waals surface area (Å²) in [5, 5.41) is 13.9. The van der Waals surface area contributed by atoms with Gasteiger partial charge in [-0.25, -0.2) is 0 Å². The van der Waals surface area contributed by atoms with Crippen LogP contribution >= 0.6 is 0 Å². The first-order valence-corrected chi connectivity index (χ1v) is 8.40. The SMILES string of the molecule is CN(C)c1ccc([C@@H](CNC(=O)c2ccccc2[N+](=O)[O-])[NH+](C)C)cc1. The lowest BCUT2D eigenvalue weighted by atomic mass is 10.0. The van der Waals surface area contributed by atoms with Gasteiger partial charge in [0.15, 0.2) is 0 Å². The number of quaternary nitrogens is 1. The molecule has 2 rings (SSSR count). The van der Waals surface area contributed by atoms with Gasteiger partial charge in [-0.05, 0) is 18.2 Å². The first kappa shape index (κ1) is 19.4. The summed E-state index contributed by atoms with van der Waals surface area (Å²) in [6.07, 6.45) is 0. The van der Waals surface area contributed by atoms with Crippen molar-refractivity contribution in [3.8, 4) is 0 Å². The molecular weight excluding hydrogens is 332 g/mol. The average Bonchev–Trinajstić information content (AvgIpc) is 2.61. The van der Waals surface area contributed by atoms with Crippen LogP contribution in [-0.2, 0) is 0 Å². The van der Waals surface area contributed by atoms with Crippen LogP contribution in [0.4, 0.5) is 11.4 Å². The van der Waals surface area contributed by atoms with Crippen LogP contribution in [0.5, 0.6) is 0 Å². The number of nitro groups is 1. The van der Waals surface area contributed by atoms with Crippen molar-refractivity contribution in [3.63, 3.8) is 0 Å². The Bertz CT molecular complexity index is 773. The number of nitrogens with one attached hydrogen (secondary N) is 2. The maximum Gasteiger partial charge on any atom is 0.282 e. The molecule has 2 aromatic rings. The number of para-hydroxylation sites is 1. The molecule has 7 heteroatoms. The Balaban J connectivity index is 2.14. The fourth-order valence-electron chi connectivity index (χ4n) is 2.77. The topological polar surface area (TPSA) is 79.9 Å². The molecule has 0 aromatic heterocycles. The van der Waals surface area contributed by atoms with E-state index in [1.165, 1.54) is 12.1 Å². The average molecular weight is 357 g/mol. The second-order valence-electron chi connectivity index (χ2n) is 6.60. The molecule has 138 valence electrons. The summed E-state index contributed by atoms with van der Waals surface area (Å²) in [6, 6.07) is 14.2. The zero-order valence-corrected chi connectivity index (χ0v) is 15.5. The van der Waals surface area contributed by atoms with E-state index in [4.69, 9.17) is 0 Å². The summed E-state index contributed by atoms with van der Waals surface area (Å²) >= 11 is 0. The highest BCUT2D eigenvalue weighted by Crippen LogP contribution is 2.18. The molecule has 1 amide bonds. The number of carbonyl (C=O) groups excluding carboxylic acids is 1. The number of amides is 1. The largest absolute Gasteiger partial charge is 0.378 e. The van der Waals surface area contributed by atoms with Crippen LogP contribution in [0.3, 0.4) is 0 Å². The first-order valence-electron chi connectivity index (χ1n) is 8.40. The van der Waals surface area contributed by atoms with Gasteiger partial charge in [0, 0.05) is 31.4 Å². The first-order chi connectivity index (χ1) is 12.3. The van der Waals surface area contributed by atoms with Gasteiger partial charge in [0.2, 0.25) is 0 Å². The van der Waals surface area contributed by atoms with Gasteiger partial charge in [-0.1, -0.05) is 24.3 Å². The molecule has 0 heterocycles. The van der Waals surface area contributed by atoms with Gasteiger partial charge in [0.1, 0.15) is 11.6 Å². The Kier molecular flexibility index (Phi) is 6.30. The van der Waals surface area contributed by atoms with E-state index in [9.17, 15) is 14.9 Å². The molecule has 1 atom stereocenters. The number of rotatable bonds is 7. The molecule has 0 bridgehead atoms. The number of nitrogens with zero attached hydrogens (tertiary/aromatic N) is 2. The van der Waals surface area contributed by atoms with Gasteiger partial charge in [0.25, 0.3) is 11.6 Å². The lowest BCUT2D eigenvalue weighted by molar-refractivity contribution is -0.890. The van der Waals surface area contributed by atoms with Crippen LogP contribution < -0.4 is 15.1 Å². The molecule has 7 nitrogen and oxygen atoms in total. The van der Waals surface area contributed by atoms with Crippen molar-refractivity contribution in [3.05, 3.63) is 69.8 Å². The molecule has 2 aromatic carbocycles. The Morgan fingerprint density at radius 3 is 2.31 bits per heavy atom. The molecule has 0 aliphatic carbocycles. The molecule has 0 aliphatic heterocycles. The summed E-state index contributed by atoms with van der Waals surface area (Å²) in [5.41, 5.74) is 2.09. The number of anilines is 1. The van der Waals surface area contributed by atoms with Crippen molar-refractivity contribution in [2.75, 3.05) is 39.6 Å². The third kappa shape index (κ3) is 4.58. The van der Waals surface area contributed by atoms with Gasteiger partial charge in [-0.2, -0.15) is 0 Å². The van der Waals surface area contributed by atoms with E-state index in [0.717, 1.165) is 16.2 Å². The summed E-state index contributed by atoms with van der Waals surface area (Å²) in [6.45, 7) is 0.383. The van der Waals surface area contributed by atoms with Crippen molar-refractivity contribution >= 4 is 17.3 Å². The lowest BCUT2D eigenvalue weighted by Gasteiger charge is -2.23. The highest BCUT2D eigenvalue weighted by molar-refractivity contribution is 5.98. The normalized spacial score (nSPS) is 11.9. The van der Waals surface area contributed by atoms with Gasteiger partial charge in [-0.3, -0.25) is 14.9 Å². The predicted octanol–water partition coefficient (Wildman–Crippen LogP) is 1.28. The second-order valence-corrected chi connectivity index (χ2v) is 6.60. The number of likely N-dealkylation sites (N-methyl/N-ethyl adjacent to an activating group) is 1. The molecule has 26 heavy (non-hydrogen) atoms. The van der Waals surface area contributed by atoms with E-state index in [2.05, 4.69) is 5.32 Å². The molecule has 0 saturated carbocycles. The van der Waals surface area contributed by atoms with Crippen LogP contribution in [0, 0.1) is 10.1 Å². The van der Waals surface area contributed by atoms with E-state index in [1.54, 1.807) is 12.1 Å². The third-order valence-electron chi connectivity index (χ3n) is 4.32. The van der Waals surface area contributed by atoms with E-state index in [0.29, 0.717) is 6.54 Å². The van der Waals surface area contributed by atoms with E-state index >= 15 is 0 Å². The van der Waals surface area contributed by atoms with E-state index < -0.39 is 10.8 Å². The van der Waals surface area contributed by atoms with Crippen molar-refractivity contribution in [1.82, 2.24) is 5.32 Å². The predicted molar refractivity (Wildman–Crippen MR) is 102 cm³/mol. The number of hydrogen-bond acceptors (Lipinski definition) is 4. The van der Waals surface area contributed by atoms with Gasteiger partial charge >= 0.3 is 0 Å². The Labute approximate surface area is 153 Å². The minimum atomic E-state index is -0.538. The van der Waals surface area contributed by atoms with Crippen molar-refractivity contribution < 1.29 is 14.6 Å². The van der Waals surface area contributed by atoms with Crippen molar-refractivity contribution in [2.24, 2.45) is 0 Å². The zero-order valence-electron chi connectivity index (χ0n) is 15.5. The summed E-state index contributed by atoms with van der Waals surface area (Å²) in [7, 11) is 8.00. The molecule has 0 fully saturated rings. The highest BCUT2D eigenvalue weighted by atomic mass is 16.6. The number of benzene rings is 2. The van der Waals surface area contributed by atoms with Crippen LogP contribution in [-0.4, -0.2) is 45.6 Å². The summed E-state index contributed by atoms with van der Waals surface area (Å²) < 4.78 is 0. The fraction of sp³-hybridized carbons (Fsp3) is 0.316. The minimum absolute atomic E-state index is 0.0398. The van der Waals surface area contributed by atoms with Crippen LogP contribution in [0.2, 0.25) is 0 Å². The second kappa shape index (κ2) is 8.44.